The number of ether oxygens (including phenoxy) is 2. The van der Waals surface area contributed by atoms with E-state index in [-0.39, 0.29) is 33.8 Å². The molecule has 0 aromatic carbocycles. The first-order valence-electron chi connectivity index (χ1n) is 10.2. The van der Waals surface area contributed by atoms with Gasteiger partial charge in [0.05, 0.1) is 33.5 Å². The van der Waals surface area contributed by atoms with Crippen molar-refractivity contribution in [3.63, 3.8) is 0 Å². The Kier molecular flexibility index (Phi) is 6.15. The van der Waals surface area contributed by atoms with Crippen LogP contribution in [0.4, 0.5) is 8.78 Å². The molecule has 0 spiro atoms. The molecule has 0 radical (unpaired) electrons. The van der Waals surface area contributed by atoms with Gasteiger partial charge in [-0.15, -0.1) is 0 Å². The number of nitrogens with zero attached hydrogens (tertiary/aromatic N) is 3. The standard InChI is InChI=1S/C21H21ClF2N4O5S/c1-11-18(19(29)26-15-10-34(30,31)21(15,2)3)27-17-5-4-13(8-28(11)17)33-20-14(32-9-16(23)24)6-12(22)7-25-20/h4-8,15-16H,9-10H2,1-3H3,(H,26,29). The monoisotopic (exact) mass is 514 g/mol. The molecule has 0 saturated carbocycles. The fourth-order valence-electron chi connectivity index (χ4n) is 3.47. The smallest absolute Gasteiger partial charge is 0.272 e. The zero-order chi connectivity index (χ0) is 24.8. The van der Waals surface area contributed by atoms with Crippen LogP contribution in [-0.4, -0.2) is 58.3 Å². The summed E-state index contributed by atoms with van der Waals surface area (Å²) < 4.78 is 60.3. The first-order chi connectivity index (χ1) is 15.9. The Morgan fingerprint density at radius 2 is 2.12 bits per heavy atom. The number of carbonyl (C=O) groups is 1. The average molecular weight is 515 g/mol. The highest BCUT2D eigenvalue weighted by Crippen LogP contribution is 2.34. The summed E-state index contributed by atoms with van der Waals surface area (Å²) in [5.41, 5.74) is 1.09. The first-order valence-corrected chi connectivity index (χ1v) is 12.2. The minimum Gasteiger partial charge on any atom is -0.482 e. The second kappa shape index (κ2) is 8.66. The largest absolute Gasteiger partial charge is 0.482 e. The molecule has 1 aliphatic heterocycles. The predicted molar refractivity (Wildman–Crippen MR) is 120 cm³/mol. The van der Waals surface area contributed by atoms with E-state index in [1.165, 1.54) is 12.3 Å². The Labute approximate surface area is 199 Å². The van der Waals surface area contributed by atoms with E-state index >= 15 is 0 Å². The first kappa shape index (κ1) is 24.1. The number of carbonyl (C=O) groups excluding carboxylic acids is 1. The van der Waals surface area contributed by atoms with Crippen LogP contribution in [0.5, 0.6) is 17.4 Å². The molecule has 1 aliphatic rings. The molecule has 0 aliphatic carbocycles. The predicted octanol–water partition coefficient (Wildman–Crippen LogP) is 3.43. The number of rotatable bonds is 7. The molecule has 13 heteroatoms. The van der Waals surface area contributed by atoms with E-state index in [1.54, 1.807) is 43.5 Å². The molecule has 1 atom stereocenters. The number of hydrogen-bond donors (Lipinski definition) is 1. The third-order valence-corrected chi connectivity index (χ3v) is 8.61. The number of halogens is 3. The summed E-state index contributed by atoms with van der Waals surface area (Å²) in [7, 11) is -3.25. The van der Waals surface area contributed by atoms with Crippen molar-refractivity contribution in [2.24, 2.45) is 0 Å². The van der Waals surface area contributed by atoms with Crippen molar-refractivity contribution in [1.29, 1.82) is 0 Å². The average Bonchev–Trinajstić information content (AvgIpc) is 3.09. The van der Waals surface area contributed by atoms with Crippen LogP contribution in [0.3, 0.4) is 0 Å². The maximum atomic E-state index is 12.8. The summed E-state index contributed by atoms with van der Waals surface area (Å²) in [6, 6.07) is 3.97. The lowest BCUT2D eigenvalue weighted by Gasteiger charge is -2.43. The van der Waals surface area contributed by atoms with Gasteiger partial charge < -0.3 is 14.8 Å². The van der Waals surface area contributed by atoms with E-state index in [0.29, 0.717) is 11.3 Å². The zero-order valence-electron chi connectivity index (χ0n) is 18.4. The Hall–Kier alpha value is -2.99. The van der Waals surface area contributed by atoms with Gasteiger partial charge >= 0.3 is 0 Å². The third-order valence-electron chi connectivity index (χ3n) is 5.74. The summed E-state index contributed by atoms with van der Waals surface area (Å²) in [5, 5.41) is 2.94. The molecule has 1 amide bonds. The molecular formula is C21H21ClF2N4O5S. The number of fused-ring (bicyclic) bond motifs is 1. The van der Waals surface area contributed by atoms with E-state index in [2.05, 4.69) is 15.3 Å². The Balaban J connectivity index is 1.57. The quantitative estimate of drug-likeness (QED) is 0.514. The van der Waals surface area contributed by atoms with E-state index in [0.717, 1.165) is 0 Å². The number of pyridine rings is 2. The molecule has 1 fully saturated rings. The van der Waals surface area contributed by atoms with Crippen molar-refractivity contribution < 1.29 is 31.5 Å². The lowest BCUT2D eigenvalue weighted by Crippen LogP contribution is -2.66. The van der Waals surface area contributed by atoms with Crippen LogP contribution < -0.4 is 14.8 Å². The van der Waals surface area contributed by atoms with E-state index < -0.39 is 39.6 Å². The van der Waals surface area contributed by atoms with Crippen LogP contribution in [0, 0.1) is 6.92 Å². The fraction of sp³-hybridized carbons (Fsp3) is 0.381. The number of sulfone groups is 1. The molecule has 182 valence electrons. The zero-order valence-corrected chi connectivity index (χ0v) is 20.0. The van der Waals surface area contributed by atoms with Gasteiger partial charge in [-0.3, -0.25) is 9.20 Å². The van der Waals surface area contributed by atoms with Crippen molar-refractivity contribution >= 4 is 33.0 Å². The van der Waals surface area contributed by atoms with Crippen molar-refractivity contribution in [3.8, 4) is 17.4 Å². The topological polar surface area (TPSA) is 112 Å². The van der Waals surface area contributed by atoms with Crippen LogP contribution in [0.25, 0.3) is 5.65 Å². The second-order valence-corrected chi connectivity index (χ2v) is 11.4. The van der Waals surface area contributed by atoms with Gasteiger partial charge in [-0.2, -0.15) is 0 Å². The molecular weight excluding hydrogens is 494 g/mol. The lowest BCUT2D eigenvalue weighted by molar-refractivity contribution is 0.0804. The van der Waals surface area contributed by atoms with Crippen molar-refractivity contribution in [1.82, 2.24) is 19.7 Å². The lowest BCUT2D eigenvalue weighted by atomic mass is 10.0. The number of amides is 1. The highest BCUT2D eigenvalue weighted by atomic mass is 35.5. The molecule has 3 aromatic rings. The van der Waals surface area contributed by atoms with Crippen LogP contribution in [-0.2, 0) is 9.84 Å². The van der Waals surface area contributed by atoms with Gasteiger partial charge in [0.2, 0.25) is 0 Å². The Morgan fingerprint density at radius 1 is 1.38 bits per heavy atom. The number of alkyl halides is 2. The van der Waals surface area contributed by atoms with Crippen LogP contribution in [0.15, 0.2) is 30.6 Å². The summed E-state index contributed by atoms with van der Waals surface area (Å²) in [5.74, 6) is -0.441. The molecule has 1 saturated heterocycles. The van der Waals surface area contributed by atoms with Crippen LogP contribution in [0.2, 0.25) is 5.02 Å². The molecule has 3 aromatic heterocycles. The molecule has 4 heterocycles. The Morgan fingerprint density at radius 3 is 2.76 bits per heavy atom. The Bertz CT molecular complexity index is 1380. The summed E-state index contributed by atoms with van der Waals surface area (Å²) in [6.07, 6.45) is 0.156. The maximum Gasteiger partial charge on any atom is 0.272 e. The normalized spacial score (nSPS) is 18.5. The fourth-order valence-corrected chi connectivity index (χ4v) is 5.26. The minimum atomic E-state index is -3.25. The molecule has 34 heavy (non-hydrogen) atoms. The van der Waals surface area contributed by atoms with E-state index in [4.69, 9.17) is 21.1 Å². The summed E-state index contributed by atoms with van der Waals surface area (Å²) in [4.78, 5) is 21.1. The summed E-state index contributed by atoms with van der Waals surface area (Å²) in [6.45, 7) is 3.97. The maximum absolute atomic E-state index is 12.8. The van der Waals surface area contributed by atoms with Gasteiger partial charge in [0.15, 0.2) is 15.6 Å². The van der Waals surface area contributed by atoms with Gasteiger partial charge in [0.1, 0.15) is 23.7 Å². The molecule has 9 nitrogen and oxygen atoms in total. The van der Waals surface area contributed by atoms with Crippen LogP contribution >= 0.6 is 11.6 Å². The van der Waals surface area contributed by atoms with Gasteiger partial charge in [0.25, 0.3) is 18.2 Å². The van der Waals surface area contributed by atoms with Crippen molar-refractivity contribution in [3.05, 3.63) is 47.0 Å². The van der Waals surface area contributed by atoms with Gasteiger partial charge in [-0.1, -0.05) is 11.6 Å². The number of imidazole rings is 1. The van der Waals surface area contributed by atoms with Gasteiger partial charge in [-0.25, -0.2) is 27.2 Å². The highest BCUT2D eigenvalue weighted by molar-refractivity contribution is 7.94. The van der Waals surface area contributed by atoms with E-state index in [9.17, 15) is 22.0 Å². The minimum absolute atomic E-state index is 0.0478. The third kappa shape index (κ3) is 4.39. The molecule has 1 N–H and O–H groups in total. The van der Waals surface area contributed by atoms with Crippen LogP contribution in [0.1, 0.15) is 30.0 Å². The number of aryl methyl sites for hydroxylation is 1. The van der Waals surface area contributed by atoms with Gasteiger partial charge in [0, 0.05) is 12.3 Å². The summed E-state index contributed by atoms with van der Waals surface area (Å²) >= 11 is 5.88. The molecule has 1 unspecified atom stereocenters. The van der Waals surface area contributed by atoms with Gasteiger partial charge in [-0.05, 0) is 32.9 Å². The highest BCUT2D eigenvalue weighted by Gasteiger charge is 2.54. The van der Waals surface area contributed by atoms with Crippen molar-refractivity contribution in [2.75, 3.05) is 12.4 Å². The SMILES string of the molecule is Cc1c(C(=O)NC2CS(=O)(=O)C2(C)C)nc2ccc(Oc3ncc(Cl)cc3OCC(F)F)cn12. The van der Waals surface area contributed by atoms with E-state index in [1.807, 2.05) is 0 Å². The number of hydrogen-bond acceptors (Lipinski definition) is 7. The second-order valence-electron chi connectivity index (χ2n) is 8.31. The molecule has 0 bridgehead atoms. The number of nitrogens with one attached hydrogen (secondary N) is 1. The molecule has 4 rings (SSSR count). The number of aromatic nitrogens is 3. The van der Waals surface area contributed by atoms with Crippen molar-refractivity contribution in [2.45, 2.75) is 38.0 Å².